The molecule has 0 bridgehead atoms. The Bertz CT molecular complexity index is 296. The summed E-state index contributed by atoms with van der Waals surface area (Å²) in [5, 5.41) is 3.58. The Balaban J connectivity index is 2.89. The summed E-state index contributed by atoms with van der Waals surface area (Å²) in [7, 11) is 0. The van der Waals surface area contributed by atoms with Gasteiger partial charge in [0.1, 0.15) is 0 Å². The Hall–Kier alpha value is -1.47. The van der Waals surface area contributed by atoms with Crippen molar-refractivity contribution in [2.24, 2.45) is 5.11 Å². The predicted molar refractivity (Wildman–Crippen MR) is 48.5 cm³/mol. The highest BCUT2D eigenvalue weighted by atomic mass is 15.1. The van der Waals surface area contributed by atoms with Crippen LogP contribution in [-0.4, -0.2) is 0 Å². The number of azide groups is 1. The number of benzene rings is 1. The second-order valence-corrected chi connectivity index (χ2v) is 2.62. The number of hydrogen-bond acceptors (Lipinski definition) is 1. The lowest BCUT2D eigenvalue weighted by Crippen LogP contribution is -1.87. The van der Waals surface area contributed by atoms with Gasteiger partial charge in [0.15, 0.2) is 0 Å². The van der Waals surface area contributed by atoms with Crippen molar-refractivity contribution in [1.29, 1.82) is 0 Å². The van der Waals surface area contributed by atoms with Crippen LogP contribution in [0.4, 0.5) is 0 Å². The molecule has 1 atom stereocenters. The van der Waals surface area contributed by atoms with Gasteiger partial charge in [0.2, 0.25) is 0 Å². The molecule has 0 amide bonds. The van der Waals surface area contributed by atoms with E-state index in [2.05, 4.69) is 16.9 Å². The molecule has 0 spiro atoms. The fraction of sp³-hybridized carbons (Fsp3) is 0.222. The van der Waals surface area contributed by atoms with Gasteiger partial charge in [-0.1, -0.05) is 36.3 Å². The Morgan fingerprint density at radius 3 is 2.50 bits per heavy atom. The van der Waals surface area contributed by atoms with Crippen LogP contribution in [0.1, 0.15) is 24.1 Å². The van der Waals surface area contributed by atoms with E-state index in [-0.39, 0.29) is 6.04 Å². The van der Waals surface area contributed by atoms with Gasteiger partial charge >= 0.3 is 0 Å². The Morgan fingerprint density at radius 2 is 2.00 bits per heavy atom. The van der Waals surface area contributed by atoms with Gasteiger partial charge in [0, 0.05) is 4.91 Å². The van der Waals surface area contributed by atoms with Gasteiger partial charge < -0.3 is 0 Å². The molecule has 0 aliphatic carbocycles. The zero-order valence-corrected chi connectivity index (χ0v) is 6.94. The van der Waals surface area contributed by atoms with E-state index in [1.54, 1.807) is 0 Å². The molecule has 1 unspecified atom stereocenters. The summed E-state index contributed by atoms with van der Waals surface area (Å²) in [5.74, 6) is 0. The van der Waals surface area contributed by atoms with Gasteiger partial charge in [0.05, 0.1) is 6.04 Å². The van der Waals surface area contributed by atoms with Crippen molar-refractivity contribution in [3.05, 3.63) is 52.8 Å². The van der Waals surface area contributed by atoms with Gasteiger partial charge in [-0.05, 0) is 23.6 Å². The lowest BCUT2D eigenvalue weighted by molar-refractivity contribution is 0.807. The van der Waals surface area contributed by atoms with Crippen LogP contribution in [0.2, 0.25) is 0 Å². The summed E-state index contributed by atoms with van der Waals surface area (Å²) in [6, 6.07) is 7.54. The maximum Gasteiger partial charge on any atom is 0.0597 e. The van der Waals surface area contributed by atoms with Crippen molar-refractivity contribution in [1.82, 2.24) is 0 Å². The number of hydrogen-bond donors (Lipinski definition) is 0. The maximum absolute atomic E-state index is 8.20. The van der Waals surface area contributed by atoms with Crippen LogP contribution in [0.3, 0.4) is 0 Å². The average molecular weight is 160 g/mol. The van der Waals surface area contributed by atoms with E-state index < -0.39 is 0 Å². The Morgan fingerprint density at radius 1 is 1.42 bits per heavy atom. The molecule has 0 N–H and O–H groups in total. The molecule has 1 aromatic rings. The third kappa shape index (κ3) is 2.01. The largest absolute Gasteiger partial charge is 0.0862 e. The smallest absolute Gasteiger partial charge is 0.0597 e. The zero-order chi connectivity index (χ0) is 8.97. The molecule has 61 valence electrons. The van der Waals surface area contributed by atoms with Gasteiger partial charge in [-0.2, -0.15) is 0 Å². The van der Waals surface area contributed by atoms with Gasteiger partial charge in [-0.3, -0.25) is 0 Å². The minimum absolute atomic E-state index is 0.101. The second-order valence-electron chi connectivity index (χ2n) is 2.62. The van der Waals surface area contributed by atoms with E-state index in [1.165, 1.54) is 0 Å². The van der Waals surface area contributed by atoms with Crippen molar-refractivity contribution in [3.8, 4) is 0 Å². The van der Waals surface area contributed by atoms with E-state index in [0.29, 0.717) is 0 Å². The predicted octanol–water partition coefficient (Wildman–Crippen LogP) is 3.24. The topological polar surface area (TPSA) is 48.8 Å². The Labute approximate surface area is 71.7 Å². The van der Waals surface area contributed by atoms with E-state index >= 15 is 0 Å². The first-order valence-electron chi connectivity index (χ1n) is 3.70. The molecule has 0 aliphatic heterocycles. The van der Waals surface area contributed by atoms with Crippen LogP contribution in [0.15, 0.2) is 29.4 Å². The first-order chi connectivity index (χ1) is 5.74. The Kier molecular flexibility index (Phi) is 2.72. The van der Waals surface area contributed by atoms with Gasteiger partial charge in [-0.25, -0.2) is 0 Å². The average Bonchev–Trinajstić information content (AvgIpc) is 2.06. The zero-order valence-electron chi connectivity index (χ0n) is 6.94. The SMILES string of the molecule is [CH2]c1ccc(C(C)N=[N+]=[N-])cc1. The number of rotatable bonds is 2. The molecule has 12 heavy (non-hydrogen) atoms. The van der Waals surface area contributed by atoms with Crippen molar-refractivity contribution < 1.29 is 0 Å². The van der Waals surface area contributed by atoms with Crippen molar-refractivity contribution in [3.63, 3.8) is 0 Å². The fourth-order valence-corrected chi connectivity index (χ4v) is 0.940. The first kappa shape index (κ1) is 8.62. The highest BCUT2D eigenvalue weighted by Crippen LogP contribution is 2.16. The lowest BCUT2D eigenvalue weighted by Gasteiger charge is -2.03. The van der Waals surface area contributed by atoms with Crippen molar-refractivity contribution in [2.45, 2.75) is 13.0 Å². The summed E-state index contributed by atoms with van der Waals surface area (Å²) in [6.07, 6.45) is 0. The maximum atomic E-state index is 8.20. The van der Waals surface area contributed by atoms with Crippen molar-refractivity contribution in [2.75, 3.05) is 0 Å². The molecule has 0 aromatic heterocycles. The monoisotopic (exact) mass is 160 g/mol. The van der Waals surface area contributed by atoms with Gasteiger partial charge in [-0.15, -0.1) is 0 Å². The first-order valence-corrected chi connectivity index (χ1v) is 3.70. The van der Waals surface area contributed by atoms with Crippen LogP contribution in [0.5, 0.6) is 0 Å². The molecule has 1 aromatic carbocycles. The lowest BCUT2D eigenvalue weighted by atomic mass is 10.1. The summed E-state index contributed by atoms with van der Waals surface area (Å²) < 4.78 is 0. The summed E-state index contributed by atoms with van der Waals surface area (Å²) >= 11 is 0. The quantitative estimate of drug-likeness (QED) is 0.362. The second kappa shape index (κ2) is 3.79. The van der Waals surface area contributed by atoms with E-state index in [0.717, 1.165) is 11.1 Å². The highest BCUT2D eigenvalue weighted by molar-refractivity contribution is 5.26. The molecule has 1 radical (unpaired) electrons. The molecule has 0 saturated carbocycles. The molecule has 0 aliphatic rings. The standard InChI is InChI=1S/C9H10N3/c1-7-3-5-9(6-4-7)8(2)11-12-10/h3-6,8H,1H2,2H3. The molecule has 0 fully saturated rings. The normalized spacial score (nSPS) is 11.8. The third-order valence-corrected chi connectivity index (χ3v) is 1.69. The molecule has 0 saturated heterocycles. The number of nitrogens with zero attached hydrogens (tertiary/aromatic N) is 3. The van der Waals surface area contributed by atoms with Gasteiger partial charge in [0.25, 0.3) is 0 Å². The van der Waals surface area contributed by atoms with Crippen molar-refractivity contribution >= 4 is 0 Å². The third-order valence-electron chi connectivity index (χ3n) is 1.69. The van der Waals surface area contributed by atoms with Crippen LogP contribution >= 0.6 is 0 Å². The van der Waals surface area contributed by atoms with Crippen LogP contribution in [0, 0.1) is 6.92 Å². The fourth-order valence-electron chi connectivity index (χ4n) is 0.940. The van der Waals surface area contributed by atoms with Crippen LogP contribution in [0.25, 0.3) is 10.4 Å². The molecule has 3 nitrogen and oxygen atoms in total. The van der Waals surface area contributed by atoms with E-state index in [1.807, 2.05) is 31.2 Å². The molecule has 3 heteroatoms. The van der Waals surface area contributed by atoms with E-state index in [9.17, 15) is 0 Å². The van der Waals surface area contributed by atoms with Crippen LogP contribution < -0.4 is 0 Å². The molecular weight excluding hydrogens is 150 g/mol. The minimum Gasteiger partial charge on any atom is -0.0862 e. The minimum atomic E-state index is -0.101. The molecule has 0 heterocycles. The summed E-state index contributed by atoms with van der Waals surface area (Å²) in [4.78, 5) is 2.74. The molecule has 1 rings (SSSR count). The molecular formula is C9H10N3. The summed E-state index contributed by atoms with van der Waals surface area (Å²) in [6.45, 7) is 5.62. The van der Waals surface area contributed by atoms with Crippen LogP contribution in [-0.2, 0) is 0 Å². The van der Waals surface area contributed by atoms with E-state index in [4.69, 9.17) is 5.53 Å². The summed E-state index contributed by atoms with van der Waals surface area (Å²) in [5.41, 5.74) is 10.2. The highest BCUT2D eigenvalue weighted by Gasteiger charge is 2.00.